The highest BCUT2D eigenvalue weighted by molar-refractivity contribution is 6.22. The van der Waals surface area contributed by atoms with Crippen molar-refractivity contribution in [3.63, 3.8) is 0 Å². The summed E-state index contributed by atoms with van der Waals surface area (Å²) in [5, 5.41) is 34.3. The standard InChI is InChI=1S/C24H26N2O8/c1-2-5-34-24(33)26-9-10-3-4-14(27)18-13(10)7-11-6-12-8-15(28)19(23(25)32)22(31)17(12)20(29)16(11)21(18)30/h3-4,11-12,17,27-29H,2,5-9H2,1H3,(H2,25,32)(H,26,33)/t11-,12+,17?/m1/s1. The normalized spacial score (nSPS) is 23.7. The number of phenolic OH excluding ortho intramolecular Hbond substituents is 1. The van der Waals surface area contributed by atoms with Crippen molar-refractivity contribution in [1.82, 2.24) is 5.32 Å². The van der Waals surface area contributed by atoms with Crippen LogP contribution < -0.4 is 11.1 Å². The molecule has 1 unspecified atom stereocenters. The number of primary amides is 1. The minimum Gasteiger partial charge on any atom is -0.511 e. The first kappa shape index (κ1) is 23.3. The summed E-state index contributed by atoms with van der Waals surface area (Å²) < 4.78 is 5.01. The van der Waals surface area contributed by atoms with Gasteiger partial charge in [-0.1, -0.05) is 13.0 Å². The Morgan fingerprint density at radius 2 is 1.91 bits per heavy atom. The number of rotatable bonds is 5. The number of carbonyl (C=O) groups is 4. The van der Waals surface area contributed by atoms with E-state index in [2.05, 4.69) is 5.32 Å². The molecular weight excluding hydrogens is 444 g/mol. The van der Waals surface area contributed by atoms with Gasteiger partial charge in [-0.25, -0.2) is 4.79 Å². The molecule has 3 aliphatic rings. The lowest BCUT2D eigenvalue weighted by Crippen LogP contribution is -2.43. The average molecular weight is 470 g/mol. The maximum absolute atomic E-state index is 13.4. The van der Waals surface area contributed by atoms with E-state index in [1.165, 1.54) is 6.07 Å². The summed E-state index contributed by atoms with van der Waals surface area (Å²) in [6.45, 7) is 2.22. The van der Waals surface area contributed by atoms with Crippen LogP contribution >= 0.6 is 0 Å². The van der Waals surface area contributed by atoms with Crippen LogP contribution in [0.25, 0.3) is 0 Å². The number of alkyl carbamates (subject to hydrolysis) is 1. The number of fused-ring (bicyclic) bond motifs is 3. The van der Waals surface area contributed by atoms with Crippen LogP contribution in [0.15, 0.2) is 34.8 Å². The average Bonchev–Trinajstić information content (AvgIpc) is 2.76. The topological polar surface area (TPSA) is 176 Å². The number of carbonyl (C=O) groups excluding carboxylic acids is 4. The van der Waals surface area contributed by atoms with Gasteiger partial charge in [-0.2, -0.15) is 0 Å². The van der Waals surface area contributed by atoms with Gasteiger partial charge < -0.3 is 31.1 Å². The van der Waals surface area contributed by atoms with Gasteiger partial charge in [-0.15, -0.1) is 0 Å². The summed E-state index contributed by atoms with van der Waals surface area (Å²) >= 11 is 0. The fraction of sp³-hybridized carbons (Fsp3) is 0.417. The Hall–Kier alpha value is -3.82. The number of hydrogen-bond donors (Lipinski definition) is 5. The summed E-state index contributed by atoms with van der Waals surface area (Å²) in [7, 11) is 0. The van der Waals surface area contributed by atoms with Gasteiger partial charge in [-0.05, 0) is 48.3 Å². The lowest BCUT2D eigenvalue weighted by Gasteiger charge is -2.41. The van der Waals surface area contributed by atoms with E-state index in [9.17, 15) is 34.5 Å². The zero-order valence-corrected chi connectivity index (χ0v) is 18.6. The van der Waals surface area contributed by atoms with Crippen LogP contribution in [0.2, 0.25) is 0 Å². The first-order valence-corrected chi connectivity index (χ1v) is 11.1. The maximum Gasteiger partial charge on any atom is 0.407 e. The highest BCUT2D eigenvalue weighted by Crippen LogP contribution is 2.49. The Bertz CT molecular complexity index is 1170. The molecule has 3 atom stereocenters. The number of allylic oxidation sites excluding steroid dienone is 3. The molecule has 0 spiro atoms. The summed E-state index contributed by atoms with van der Waals surface area (Å²) in [5.74, 6) is -5.78. The molecule has 34 heavy (non-hydrogen) atoms. The minimum absolute atomic E-state index is 0.00856. The van der Waals surface area contributed by atoms with Crippen molar-refractivity contribution in [3.8, 4) is 5.75 Å². The van der Waals surface area contributed by atoms with Gasteiger partial charge in [0.15, 0.2) is 11.6 Å². The zero-order valence-electron chi connectivity index (χ0n) is 18.6. The fourth-order valence-electron chi connectivity index (χ4n) is 5.28. The quantitative estimate of drug-likeness (QED) is 0.406. The Morgan fingerprint density at radius 1 is 1.18 bits per heavy atom. The molecule has 180 valence electrons. The van der Waals surface area contributed by atoms with Gasteiger partial charge in [0.2, 0.25) is 0 Å². The molecule has 0 aromatic heterocycles. The van der Waals surface area contributed by atoms with Crippen LogP contribution in [-0.2, 0) is 27.3 Å². The van der Waals surface area contributed by atoms with Gasteiger partial charge in [-0.3, -0.25) is 14.4 Å². The molecular formula is C24H26N2O8. The first-order valence-electron chi connectivity index (χ1n) is 11.1. The third kappa shape index (κ3) is 3.78. The lowest BCUT2D eigenvalue weighted by molar-refractivity contribution is -0.126. The van der Waals surface area contributed by atoms with Crippen molar-refractivity contribution in [2.24, 2.45) is 23.5 Å². The molecule has 0 saturated heterocycles. The predicted octanol–water partition coefficient (Wildman–Crippen LogP) is 2.10. The number of nitrogens with one attached hydrogen (secondary N) is 1. The highest BCUT2D eigenvalue weighted by atomic mass is 16.5. The second-order valence-electron chi connectivity index (χ2n) is 8.84. The Kier molecular flexibility index (Phi) is 6.07. The Morgan fingerprint density at radius 3 is 2.59 bits per heavy atom. The van der Waals surface area contributed by atoms with Crippen molar-refractivity contribution in [1.29, 1.82) is 0 Å². The molecule has 10 nitrogen and oxygen atoms in total. The molecule has 6 N–H and O–H groups in total. The van der Waals surface area contributed by atoms with Crippen LogP contribution in [0.5, 0.6) is 5.75 Å². The number of aromatic hydroxyl groups is 1. The van der Waals surface area contributed by atoms with Gasteiger partial charge in [0.25, 0.3) is 5.91 Å². The van der Waals surface area contributed by atoms with E-state index in [1.807, 2.05) is 6.92 Å². The van der Waals surface area contributed by atoms with Gasteiger partial charge in [0.1, 0.15) is 22.8 Å². The first-order chi connectivity index (χ1) is 16.1. The number of nitrogens with two attached hydrogens (primary N) is 1. The van der Waals surface area contributed by atoms with Gasteiger partial charge in [0.05, 0.1) is 18.1 Å². The summed E-state index contributed by atoms with van der Waals surface area (Å²) in [6.07, 6.45) is 0.630. The molecule has 0 aliphatic heterocycles. The molecule has 1 aromatic rings. The van der Waals surface area contributed by atoms with E-state index in [0.29, 0.717) is 24.0 Å². The predicted molar refractivity (Wildman–Crippen MR) is 118 cm³/mol. The molecule has 0 fully saturated rings. The van der Waals surface area contributed by atoms with Crippen LogP contribution in [0.3, 0.4) is 0 Å². The highest BCUT2D eigenvalue weighted by Gasteiger charge is 2.50. The van der Waals surface area contributed by atoms with E-state index in [1.54, 1.807) is 6.07 Å². The molecule has 10 heteroatoms. The van der Waals surface area contributed by atoms with E-state index in [-0.39, 0.29) is 42.9 Å². The Labute approximate surface area is 195 Å². The fourth-order valence-corrected chi connectivity index (χ4v) is 5.28. The molecule has 3 aliphatic carbocycles. The number of phenols is 1. The number of amides is 2. The van der Waals surface area contributed by atoms with Crippen molar-refractivity contribution in [3.05, 3.63) is 51.5 Å². The third-order valence-electron chi connectivity index (χ3n) is 6.73. The van der Waals surface area contributed by atoms with Gasteiger partial charge >= 0.3 is 6.09 Å². The smallest absolute Gasteiger partial charge is 0.407 e. The number of Topliss-reactive ketones (excluding diaryl/α,β-unsaturated/α-hetero) is 2. The molecule has 0 bridgehead atoms. The largest absolute Gasteiger partial charge is 0.511 e. The molecule has 0 heterocycles. The molecule has 0 saturated carbocycles. The maximum atomic E-state index is 13.4. The lowest BCUT2D eigenvalue weighted by atomic mass is 9.62. The summed E-state index contributed by atoms with van der Waals surface area (Å²) in [4.78, 5) is 49.8. The molecule has 0 radical (unpaired) electrons. The van der Waals surface area contributed by atoms with Crippen molar-refractivity contribution in [2.45, 2.75) is 39.2 Å². The second-order valence-corrected chi connectivity index (χ2v) is 8.84. The van der Waals surface area contributed by atoms with Crippen molar-refractivity contribution >= 4 is 23.6 Å². The summed E-state index contributed by atoms with van der Waals surface area (Å²) in [5.41, 5.74) is 5.88. The number of aliphatic hydroxyl groups excluding tert-OH is 2. The van der Waals surface area contributed by atoms with E-state index >= 15 is 0 Å². The van der Waals surface area contributed by atoms with E-state index in [4.69, 9.17) is 10.5 Å². The number of aliphatic hydroxyl groups is 2. The van der Waals surface area contributed by atoms with Gasteiger partial charge in [0, 0.05) is 18.5 Å². The van der Waals surface area contributed by atoms with Crippen LogP contribution in [0, 0.1) is 17.8 Å². The van der Waals surface area contributed by atoms with E-state index < -0.39 is 58.4 Å². The molecule has 1 aromatic carbocycles. The van der Waals surface area contributed by atoms with Crippen LogP contribution in [0.4, 0.5) is 4.79 Å². The SMILES string of the molecule is CCCOC(=O)NCc1ccc(O)c2c1C[C@H]1C[C@H]3CC(O)=C(C(N)=O)C(=O)C3C(O)=C1C2=O. The van der Waals surface area contributed by atoms with Crippen LogP contribution in [0.1, 0.15) is 47.7 Å². The minimum atomic E-state index is -1.16. The second kappa shape index (κ2) is 8.85. The van der Waals surface area contributed by atoms with Crippen molar-refractivity contribution < 1.29 is 39.2 Å². The van der Waals surface area contributed by atoms with Crippen LogP contribution in [-0.4, -0.2) is 45.5 Å². The number of ether oxygens (including phenoxy) is 1. The number of benzene rings is 1. The third-order valence-corrected chi connectivity index (χ3v) is 6.73. The molecule has 4 rings (SSSR count). The van der Waals surface area contributed by atoms with E-state index in [0.717, 1.165) is 0 Å². The monoisotopic (exact) mass is 470 g/mol. The molecule has 2 amide bonds. The number of hydrogen-bond acceptors (Lipinski definition) is 8. The Balaban J connectivity index is 1.70. The zero-order chi connectivity index (χ0) is 24.7. The number of ketones is 2. The summed E-state index contributed by atoms with van der Waals surface area (Å²) in [6, 6.07) is 2.95. The van der Waals surface area contributed by atoms with Crippen molar-refractivity contribution in [2.75, 3.05) is 6.61 Å².